The Bertz CT molecular complexity index is 1820. The van der Waals surface area contributed by atoms with Crippen LogP contribution in [0.2, 0.25) is 0 Å². The third-order valence-electron chi connectivity index (χ3n) is 7.60. The third kappa shape index (κ3) is 5.95. The Labute approximate surface area is 250 Å². The number of nitrogens with one attached hydrogen (secondary N) is 3. The van der Waals surface area contributed by atoms with E-state index in [-0.39, 0.29) is 24.4 Å². The maximum absolute atomic E-state index is 13.1. The molecule has 15 heteroatoms. The molecule has 1 saturated heterocycles. The molecule has 1 atom stereocenters. The number of aryl methyl sites for hydroxylation is 4. The number of ether oxygens (including phenoxy) is 1. The standard InChI is InChI=1S/C29H31F3N10O2/c1-16-12-34-28(36-23-10-17(2)40(3)38-23)37-26(16)20-13-33-27-19(20)6-5-7-21(27)35-24(43)15-42-9-8-18(14-42)44-25-11-22(29(30,31)32)41(4)39-25/h5-7,10-13,18,33H,8-9,14-15H2,1-4H3,(H,35,43)(H,34,36,37,38)/t18-/m1/s1. The lowest BCUT2D eigenvalue weighted by atomic mass is 10.1. The van der Waals surface area contributed by atoms with E-state index >= 15 is 0 Å². The number of aromatic amines is 1. The first-order chi connectivity index (χ1) is 20.9. The predicted molar refractivity (Wildman–Crippen MR) is 158 cm³/mol. The van der Waals surface area contributed by atoms with E-state index in [1.165, 1.54) is 7.05 Å². The lowest BCUT2D eigenvalue weighted by Crippen LogP contribution is -2.33. The van der Waals surface area contributed by atoms with Crippen molar-refractivity contribution >= 4 is 34.3 Å². The lowest BCUT2D eigenvalue weighted by Gasteiger charge is -2.16. The number of halogens is 3. The van der Waals surface area contributed by atoms with E-state index in [4.69, 9.17) is 9.72 Å². The smallest absolute Gasteiger partial charge is 0.433 e. The van der Waals surface area contributed by atoms with E-state index in [1.54, 1.807) is 10.9 Å². The summed E-state index contributed by atoms with van der Waals surface area (Å²) < 4.78 is 47.5. The molecular weight excluding hydrogens is 577 g/mol. The number of fused-ring (bicyclic) bond motifs is 1. The Morgan fingerprint density at radius 1 is 1.16 bits per heavy atom. The van der Waals surface area contributed by atoms with Crippen LogP contribution >= 0.6 is 0 Å². The van der Waals surface area contributed by atoms with Gasteiger partial charge >= 0.3 is 6.18 Å². The summed E-state index contributed by atoms with van der Waals surface area (Å²) in [5.41, 5.74) is 3.97. The van der Waals surface area contributed by atoms with Crippen LogP contribution in [0.3, 0.4) is 0 Å². The average molecular weight is 609 g/mol. The fourth-order valence-corrected chi connectivity index (χ4v) is 5.33. The Morgan fingerprint density at radius 2 is 1.98 bits per heavy atom. The molecule has 5 heterocycles. The van der Waals surface area contributed by atoms with Crippen LogP contribution in [-0.4, -0.2) is 71.1 Å². The normalized spacial score (nSPS) is 15.7. The van der Waals surface area contributed by atoms with Gasteiger partial charge in [0.05, 0.1) is 23.4 Å². The molecule has 4 aromatic heterocycles. The van der Waals surface area contributed by atoms with Crippen LogP contribution in [-0.2, 0) is 25.1 Å². The fourth-order valence-electron chi connectivity index (χ4n) is 5.33. The van der Waals surface area contributed by atoms with E-state index in [2.05, 4.69) is 30.8 Å². The molecule has 1 aliphatic rings. The SMILES string of the molecule is Cc1cnc(Nc2cc(C)n(C)n2)nc1-c1c[nH]c2c(NC(=O)CN3CC[C@@H](Oc4cc(C(F)(F)F)n(C)n4)C3)cccc12. The van der Waals surface area contributed by atoms with Crippen molar-refractivity contribution in [1.29, 1.82) is 0 Å². The number of alkyl halides is 3. The van der Waals surface area contributed by atoms with Crippen molar-refractivity contribution in [2.75, 3.05) is 30.3 Å². The molecule has 0 bridgehead atoms. The van der Waals surface area contributed by atoms with Gasteiger partial charge in [0.1, 0.15) is 11.8 Å². The van der Waals surface area contributed by atoms with Gasteiger partial charge < -0.3 is 20.4 Å². The fraction of sp³-hybridized carbons (Fsp3) is 0.345. The van der Waals surface area contributed by atoms with Gasteiger partial charge in [-0.05, 0) is 31.9 Å². The maximum Gasteiger partial charge on any atom is 0.433 e. The van der Waals surface area contributed by atoms with Crippen molar-refractivity contribution < 1.29 is 22.7 Å². The van der Waals surface area contributed by atoms with Gasteiger partial charge in [-0.15, -0.1) is 5.10 Å². The summed E-state index contributed by atoms with van der Waals surface area (Å²) in [5.74, 6) is 0.757. The second kappa shape index (κ2) is 11.3. The number of anilines is 3. The van der Waals surface area contributed by atoms with Gasteiger partial charge in [0.2, 0.25) is 17.7 Å². The first kappa shape index (κ1) is 29.2. The molecule has 1 amide bonds. The highest BCUT2D eigenvalue weighted by Crippen LogP contribution is 2.34. The van der Waals surface area contributed by atoms with Gasteiger partial charge in [-0.25, -0.2) is 9.97 Å². The maximum atomic E-state index is 13.1. The zero-order valence-corrected chi connectivity index (χ0v) is 24.5. The van der Waals surface area contributed by atoms with Crippen molar-refractivity contribution in [2.24, 2.45) is 14.1 Å². The second-order valence-corrected chi connectivity index (χ2v) is 10.9. The minimum absolute atomic E-state index is 0.0843. The Balaban J connectivity index is 1.12. The molecule has 1 aromatic carbocycles. The molecule has 1 fully saturated rings. The van der Waals surface area contributed by atoms with Crippen molar-refractivity contribution in [1.82, 2.24) is 39.4 Å². The number of amides is 1. The molecule has 0 radical (unpaired) electrons. The van der Waals surface area contributed by atoms with Crippen LogP contribution in [0.1, 0.15) is 23.4 Å². The molecule has 1 aliphatic heterocycles. The van der Waals surface area contributed by atoms with E-state index in [9.17, 15) is 18.0 Å². The van der Waals surface area contributed by atoms with Gasteiger partial charge in [-0.1, -0.05) is 12.1 Å². The molecule has 0 aliphatic carbocycles. The average Bonchev–Trinajstić information content (AvgIpc) is 3.73. The van der Waals surface area contributed by atoms with E-state index in [0.717, 1.165) is 44.2 Å². The summed E-state index contributed by atoms with van der Waals surface area (Å²) in [6.07, 6.45) is -0.713. The number of H-pyrrole nitrogens is 1. The Hall–Kier alpha value is -4.92. The number of para-hydroxylation sites is 1. The third-order valence-corrected chi connectivity index (χ3v) is 7.60. The number of carbonyl (C=O) groups is 1. The van der Waals surface area contributed by atoms with Crippen molar-refractivity contribution in [3.8, 4) is 17.1 Å². The molecule has 0 unspecified atom stereocenters. The topological polar surface area (TPSA) is 131 Å². The molecule has 0 spiro atoms. The van der Waals surface area contributed by atoms with Gasteiger partial charge in [-0.2, -0.15) is 18.3 Å². The first-order valence-electron chi connectivity index (χ1n) is 14.0. The monoisotopic (exact) mass is 608 g/mol. The van der Waals surface area contributed by atoms with Gasteiger partial charge in [0.25, 0.3) is 0 Å². The van der Waals surface area contributed by atoms with Crippen molar-refractivity contribution in [3.63, 3.8) is 0 Å². The molecule has 12 nitrogen and oxygen atoms in total. The molecule has 230 valence electrons. The van der Waals surface area contributed by atoms with Gasteiger partial charge in [0, 0.05) is 68.4 Å². The van der Waals surface area contributed by atoms with E-state index in [0.29, 0.717) is 37.0 Å². The first-order valence-corrected chi connectivity index (χ1v) is 14.0. The molecular formula is C29H31F3N10O2. The number of benzene rings is 1. The molecule has 44 heavy (non-hydrogen) atoms. The van der Waals surface area contributed by atoms with Crippen molar-refractivity contribution in [3.05, 3.63) is 59.7 Å². The highest BCUT2D eigenvalue weighted by Gasteiger charge is 2.36. The van der Waals surface area contributed by atoms with Crippen LogP contribution in [0.5, 0.6) is 5.88 Å². The summed E-state index contributed by atoms with van der Waals surface area (Å²) in [4.78, 5) is 27.4. The number of nitrogens with zero attached hydrogens (tertiary/aromatic N) is 7. The quantitative estimate of drug-likeness (QED) is 0.234. The minimum atomic E-state index is -4.51. The summed E-state index contributed by atoms with van der Waals surface area (Å²) in [5, 5.41) is 15.3. The summed E-state index contributed by atoms with van der Waals surface area (Å²) in [6.45, 7) is 4.96. The van der Waals surface area contributed by atoms with Gasteiger partial charge in [-0.3, -0.25) is 19.1 Å². The van der Waals surface area contributed by atoms with Crippen LogP contribution < -0.4 is 15.4 Å². The molecule has 0 saturated carbocycles. The lowest BCUT2D eigenvalue weighted by molar-refractivity contribution is -0.143. The second-order valence-electron chi connectivity index (χ2n) is 10.9. The van der Waals surface area contributed by atoms with E-state index < -0.39 is 11.9 Å². The number of hydrogen-bond donors (Lipinski definition) is 3. The number of aromatic nitrogens is 7. The Morgan fingerprint density at radius 3 is 2.70 bits per heavy atom. The summed E-state index contributed by atoms with van der Waals surface area (Å²) in [7, 11) is 3.09. The Kier molecular flexibility index (Phi) is 7.49. The summed E-state index contributed by atoms with van der Waals surface area (Å²) >= 11 is 0. The molecule has 5 aromatic rings. The van der Waals surface area contributed by atoms with E-state index in [1.807, 2.05) is 56.3 Å². The largest absolute Gasteiger partial charge is 0.472 e. The zero-order chi connectivity index (χ0) is 31.2. The van der Waals surface area contributed by atoms with Crippen LogP contribution in [0.25, 0.3) is 22.2 Å². The van der Waals surface area contributed by atoms with Crippen LogP contribution in [0.4, 0.5) is 30.6 Å². The molecule has 6 rings (SSSR count). The number of likely N-dealkylation sites (tertiary alicyclic amines) is 1. The molecule has 3 N–H and O–H groups in total. The van der Waals surface area contributed by atoms with Crippen LogP contribution in [0, 0.1) is 13.8 Å². The highest BCUT2D eigenvalue weighted by atomic mass is 19.4. The minimum Gasteiger partial charge on any atom is -0.472 e. The highest BCUT2D eigenvalue weighted by molar-refractivity contribution is 6.06. The predicted octanol–water partition coefficient (Wildman–Crippen LogP) is 4.56. The van der Waals surface area contributed by atoms with Crippen molar-refractivity contribution in [2.45, 2.75) is 32.5 Å². The number of hydrogen-bond acceptors (Lipinski definition) is 8. The van der Waals surface area contributed by atoms with Crippen LogP contribution in [0.15, 0.2) is 42.7 Å². The number of rotatable bonds is 8. The van der Waals surface area contributed by atoms with Gasteiger partial charge in [0.15, 0.2) is 5.82 Å². The zero-order valence-electron chi connectivity index (χ0n) is 24.5. The summed E-state index contributed by atoms with van der Waals surface area (Å²) in [6, 6.07) is 8.44. The number of carbonyl (C=O) groups excluding carboxylic acids is 1.